The van der Waals surface area contributed by atoms with Crippen LogP contribution in [-0.2, 0) is 4.79 Å². The van der Waals surface area contributed by atoms with E-state index < -0.39 is 28.3 Å². The molecule has 3 atom stereocenters. The molecule has 3 aromatic carbocycles. The number of allylic oxidation sites excluding steroid dienone is 1. The molecule has 0 amide bonds. The molecule has 0 saturated carbocycles. The Bertz CT molecular complexity index is 1350. The van der Waals surface area contributed by atoms with E-state index in [-0.39, 0.29) is 17.5 Å². The number of hydrogen-bond acceptors (Lipinski definition) is 7. The second-order valence-electron chi connectivity index (χ2n) is 8.93. The Hall–Kier alpha value is -4.33. The van der Waals surface area contributed by atoms with E-state index in [0.29, 0.717) is 12.0 Å². The van der Waals surface area contributed by atoms with Crippen LogP contribution in [0.5, 0.6) is 11.5 Å². The highest BCUT2D eigenvalue weighted by atomic mass is 16.6. The third-order valence-corrected chi connectivity index (χ3v) is 6.69. The summed E-state index contributed by atoms with van der Waals surface area (Å²) >= 11 is 0. The molecule has 0 spiro atoms. The van der Waals surface area contributed by atoms with Crippen LogP contribution >= 0.6 is 0 Å². The lowest BCUT2D eigenvalue weighted by Gasteiger charge is -2.32. The van der Waals surface area contributed by atoms with E-state index in [9.17, 15) is 20.0 Å². The number of carbonyl (C=O) groups excluding carboxylic acids is 1. The van der Waals surface area contributed by atoms with Crippen LogP contribution in [0, 0.1) is 23.0 Å². The molecule has 3 N–H and O–H groups in total. The predicted molar refractivity (Wildman–Crippen MR) is 133 cm³/mol. The minimum absolute atomic E-state index is 0.0144. The summed E-state index contributed by atoms with van der Waals surface area (Å²) in [6.45, 7) is 2.02. The van der Waals surface area contributed by atoms with Gasteiger partial charge in [-0.05, 0) is 36.2 Å². The minimum Gasteiger partial charge on any atom is -0.500 e. The fraction of sp³-hybridized carbons (Fsp3) is 0.222. The number of phenolic OH excluding ortho intramolecular Hbond substituents is 1. The van der Waals surface area contributed by atoms with Gasteiger partial charge in [-0.3, -0.25) is 14.9 Å². The van der Waals surface area contributed by atoms with E-state index in [1.807, 2.05) is 55.5 Å². The number of para-hydroxylation sites is 2. The molecule has 1 aliphatic heterocycles. The van der Waals surface area contributed by atoms with Gasteiger partial charge in [0.05, 0.1) is 35.4 Å². The number of hydrogen-bond donors (Lipinski definition) is 3. The molecule has 8 heteroatoms. The number of ether oxygens (including phenoxy) is 1. The largest absolute Gasteiger partial charge is 0.500 e. The summed E-state index contributed by atoms with van der Waals surface area (Å²) in [7, 11) is 1.34. The molecular weight excluding hydrogens is 446 g/mol. The van der Waals surface area contributed by atoms with E-state index in [1.54, 1.807) is 6.07 Å². The quantitative estimate of drug-likeness (QED) is 0.342. The second-order valence-corrected chi connectivity index (χ2v) is 8.93. The highest BCUT2D eigenvalue weighted by molar-refractivity contribution is 5.90. The van der Waals surface area contributed by atoms with Crippen molar-refractivity contribution in [1.82, 2.24) is 0 Å². The third-order valence-electron chi connectivity index (χ3n) is 6.69. The molecule has 0 radical (unpaired) electrons. The van der Waals surface area contributed by atoms with Crippen LogP contribution in [0.2, 0.25) is 0 Å². The normalized spacial score (nSPS) is 20.9. The number of carbonyl (C=O) groups is 1. The molecule has 0 bridgehead atoms. The first-order chi connectivity index (χ1) is 16.9. The van der Waals surface area contributed by atoms with Crippen molar-refractivity contribution in [3.8, 4) is 11.5 Å². The fourth-order valence-corrected chi connectivity index (χ4v) is 4.90. The SMILES string of the molecule is COc1cc(C2Nc3ccccc3NC3=CC(c4ccc(C)cc4)CC(=O)C32)cc([N+](=O)[O-])c1O. The van der Waals surface area contributed by atoms with Gasteiger partial charge in [0.1, 0.15) is 5.78 Å². The van der Waals surface area contributed by atoms with Crippen molar-refractivity contribution in [3.63, 3.8) is 0 Å². The molecule has 5 rings (SSSR count). The maximum Gasteiger partial charge on any atom is 0.315 e. The Balaban J connectivity index is 1.66. The Morgan fingerprint density at radius 2 is 1.77 bits per heavy atom. The lowest BCUT2D eigenvalue weighted by atomic mass is 9.76. The van der Waals surface area contributed by atoms with Crippen LogP contribution < -0.4 is 15.4 Å². The van der Waals surface area contributed by atoms with E-state index >= 15 is 0 Å². The van der Waals surface area contributed by atoms with Crippen molar-refractivity contribution in [2.45, 2.75) is 25.3 Å². The van der Waals surface area contributed by atoms with Gasteiger partial charge in [0.2, 0.25) is 5.75 Å². The van der Waals surface area contributed by atoms with Crippen LogP contribution in [0.15, 0.2) is 72.4 Å². The van der Waals surface area contributed by atoms with Gasteiger partial charge in [-0.15, -0.1) is 0 Å². The van der Waals surface area contributed by atoms with Crippen LogP contribution in [0.3, 0.4) is 0 Å². The average Bonchev–Trinajstić information content (AvgIpc) is 3.01. The number of Topliss-reactive ketones (excluding diaryl/α,β-unsaturated/α-hetero) is 1. The highest BCUT2D eigenvalue weighted by Gasteiger charge is 2.40. The Morgan fingerprint density at radius 1 is 1.06 bits per heavy atom. The standard InChI is InChI=1S/C27H25N3O5/c1-15-7-9-16(10-8-15)17-11-21-25(23(31)13-17)26(29-20-6-4-3-5-19(20)28-21)18-12-22(30(33)34)27(32)24(14-18)35-2/h3-12,14,17,25-26,28-29,32H,13H2,1-2H3. The molecule has 0 saturated heterocycles. The Labute approximate surface area is 202 Å². The van der Waals surface area contributed by atoms with Gasteiger partial charge in [0.15, 0.2) is 5.75 Å². The molecular formula is C27H25N3O5. The summed E-state index contributed by atoms with van der Waals surface area (Å²) in [5, 5.41) is 28.8. The third kappa shape index (κ3) is 4.07. The number of nitrogens with zero attached hydrogens (tertiary/aromatic N) is 1. The van der Waals surface area contributed by atoms with Crippen LogP contribution in [0.1, 0.15) is 35.1 Å². The number of anilines is 2. The first kappa shape index (κ1) is 22.5. The zero-order chi connectivity index (χ0) is 24.7. The lowest BCUT2D eigenvalue weighted by Crippen LogP contribution is -2.33. The second kappa shape index (κ2) is 8.79. The number of methoxy groups -OCH3 is 1. The molecule has 8 nitrogen and oxygen atoms in total. The number of nitrogens with one attached hydrogen (secondary N) is 2. The number of rotatable bonds is 4. The Morgan fingerprint density at radius 3 is 2.46 bits per heavy atom. The van der Waals surface area contributed by atoms with Gasteiger partial charge in [-0.1, -0.05) is 48.0 Å². The highest BCUT2D eigenvalue weighted by Crippen LogP contribution is 2.47. The maximum absolute atomic E-state index is 13.7. The summed E-state index contributed by atoms with van der Waals surface area (Å²) in [5.41, 5.74) is 4.52. The first-order valence-corrected chi connectivity index (χ1v) is 11.3. The number of fused-ring (bicyclic) bond motifs is 2. The monoisotopic (exact) mass is 471 g/mol. The number of phenols is 1. The smallest absolute Gasteiger partial charge is 0.315 e. The number of aromatic hydroxyl groups is 1. The molecule has 35 heavy (non-hydrogen) atoms. The van der Waals surface area contributed by atoms with Gasteiger partial charge in [-0.2, -0.15) is 0 Å². The number of benzene rings is 3. The van der Waals surface area contributed by atoms with Gasteiger partial charge < -0.3 is 20.5 Å². The van der Waals surface area contributed by atoms with Crippen molar-refractivity contribution < 1.29 is 19.6 Å². The Kier molecular flexibility index (Phi) is 5.64. The topological polar surface area (TPSA) is 114 Å². The first-order valence-electron chi connectivity index (χ1n) is 11.3. The van der Waals surface area contributed by atoms with E-state index in [2.05, 4.69) is 16.7 Å². The van der Waals surface area contributed by atoms with Crippen molar-refractivity contribution >= 4 is 22.8 Å². The van der Waals surface area contributed by atoms with Crippen molar-refractivity contribution in [2.24, 2.45) is 5.92 Å². The van der Waals surface area contributed by atoms with Gasteiger partial charge >= 0.3 is 5.69 Å². The van der Waals surface area contributed by atoms with Crippen molar-refractivity contribution in [3.05, 3.63) is 99.2 Å². The van der Waals surface area contributed by atoms with E-state index in [4.69, 9.17) is 4.74 Å². The summed E-state index contributed by atoms with van der Waals surface area (Å²) < 4.78 is 5.22. The molecule has 1 heterocycles. The maximum atomic E-state index is 13.7. The zero-order valence-corrected chi connectivity index (χ0v) is 19.3. The average molecular weight is 472 g/mol. The molecule has 178 valence electrons. The number of nitro benzene ring substituents is 1. The number of nitro groups is 1. The van der Waals surface area contributed by atoms with Crippen LogP contribution in [0.25, 0.3) is 0 Å². The van der Waals surface area contributed by atoms with Gasteiger partial charge in [-0.25, -0.2) is 0 Å². The molecule has 3 unspecified atom stereocenters. The van der Waals surface area contributed by atoms with Gasteiger partial charge in [0, 0.05) is 24.1 Å². The van der Waals surface area contributed by atoms with E-state index in [1.165, 1.54) is 13.2 Å². The van der Waals surface area contributed by atoms with Crippen molar-refractivity contribution in [2.75, 3.05) is 17.7 Å². The zero-order valence-electron chi connectivity index (χ0n) is 19.3. The minimum atomic E-state index is -0.656. The summed E-state index contributed by atoms with van der Waals surface area (Å²) in [6.07, 6.45) is 2.39. The molecule has 1 aliphatic carbocycles. The van der Waals surface area contributed by atoms with Crippen LogP contribution in [0.4, 0.5) is 17.1 Å². The summed E-state index contributed by atoms with van der Waals surface area (Å²) in [4.78, 5) is 24.7. The fourth-order valence-electron chi connectivity index (χ4n) is 4.90. The van der Waals surface area contributed by atoms with Crippen LogP contribution in [-0.4, -0.2) is 22.9 Å². The molecule has 2 aliphatic rings. The molecule has 0 fully saturated rings. The lowest BCUT2D eigenvalue weighted by molar-refractivity contribution is -0.386. The van der Waals surface area contributed by atoms with Crippen molar-refractivity contribution in [1.29, 1.82) is 0 Å². The number of aryl methyl sites for hydroxylation is 1. The summed E-state index contributed by atoms with van der Waals surface area (Å²) in [5.74, 6) is -1.25. The number of ketones is 1. The molecule has 3 aromatic rings. The van der Waals surface area contributed by atoms with Gasteiger partial charge in [0.25, 0.3) is 0 Å². The van der Waals surface area contributed by atoms with E-state index in [0.717, 1.165) is 28.2 Å². The predicted octanol–water partition coefficient (Wildman–Crippen LogP) is 5.45. The summed E-state index contributed by atoms with van der Waals surface area (Å²) in [6, 6.07) is 18.0. The molecule has 0 aromatic heterocycles.